The molecule has 2 N–H and O–H groups in total. The largest absolute Gasteiger partial charge is 0.492 e. The molecule has 0 aliphatic heterocycles. The van der Waals surface area contributed by atoms with E-state index in [1.165, 1.54) is 0 Å². The van der Waals surface area contributed by atoms with Crippen LogP contribution >= 0.6 is 12.2 Å². The molecule has 1 heterocycles. The molecule has 1 aromatic carbocycles. The molecule has 0 bridgehead atoms. The minimum Gasteiger partial charge on any atom is -0.492 e. The Morgan fingerprint density at radius 1 is 1.21 bits per heavy atom. The minimum absolute atomic E-state index is 0.196. The van der Waals surface area contributed by atoms with Crippen molar-refractivity contribution in [1.82, 2.24) is 10.3 Å². The zero-order valence-electron chi connectivity index (χ0n) is 10.3. The summed E-state index contributed by atoms with van der Waals surface area (Å²) in [6.07, 6.45) is 1.69. The summed E-state index contributed by atoms with van der Waals surface area (Å²) in [5.41, 5.74) is 0.470. The van der Waals surface area contributed by atoms with Crippen LogP contribution in [0.3, 0.4) is 0 Å². The van der Waals surface area contributed by atoms with Gasteiger partial charge in [-0.3, -0.25) is 4.79 Å². The van der Waals surface area contributed by atoms with Crippen molar-refractivity contribution in [3.05, 3.63) is 58.9 Å². The quantitative estimate of drug-likeness (QED) is 0.651. The van der Waals surface area contributed by atoms with Gasteiger partial charge in [-0.2, -0.15) is 0 Å². The van der Waals surface area contributed by atoms with Crippen molar-refractivity contribution in [1.29, 1.82) is 0 Å². The van der Waals surface area contributed by atoms with Gasteiger partial charge in [0.15, 0.2) is 0 Å². The lowest BCUT2D eigenvalue weighted by molar-refractivity contribution is 0.0946. The summed E-state index contributed by atoms with van der Waals surface area (Å²) in [5, 5.41) is 2.76. The first-order valence-corrected chi connectivity index (χ1v) is 6.32. The van der Waals surface area contributed by atoms with E-state index in [1.54, 1.807) is 18.3 Å². The van der Waals surface area contributed by atoms with Crippen molar-refractivity contribution in [3.8, 4) is 5.75 Å². The number of ether oxygens (including phenoxy) is 1. The Bertz CT molecular complexity index is 596. The third-order valence-electron chi connectivity index (χ3n) is 2.46. The van der Waals surface area contributed by atoms with Gasteiger partial charge in [0.1, 0.15) is 17.0 Å². The highest BCUT2D eigenvalue weighted by atomic mass is 32.1. The molecule has 0 aliphatic rings. The average Bonchev–Trinajstić information content (AvgIpc) is 2.45. The smallest absolute Gasteiger partial charge is 0.254 e. The Morgan fingerprint density at radius 2 is 2.00 bits per heavy atom. The van der Waals surface area contributed by atoms with Crippen LogP contribution in [0.15, 0.2) is 48.7 Å². The molecule has 98 valence electrons. The van der Waals surface area contributed by atoms with Crippen LogP contribution in [0.1, 0.15) is 10.4 Å². The van der Waals surface area contributed by atoms with E-state index in [9.17, 15) is 4.79 Å². The molecule has 0 saturated carbocycles. The number of carbonyl (C=O) groups excluding carboxylic acids is 1. The van der Waals surface area contributed by atoms with Gasteiger partial charge in [-0.05, 0) is 24.3 Å². The van der Waals surface area contributed by atoms with Crippen molar-refractivity contribution in [3.63, 3.8) is 0 Å². The number of hydrogen-bond donors (Lipinski definition) is 2. The number of aromatic amines is 1. The van der Waals surface area contributed by atoms with Gasteiger partial charge < -0.3 is 15.0 Å². The fourth-order valence-corrected chi connectivity index (χ4v) is 1.77. The van der Waals surface area contributed by atoms with Crippen molar-refractivity contribution in [2.75, 3.05) is 13.2 Å². The Morgan fingerprint density at radius 3 is 2.74 bits per heavy atom. The molecule has 0 atom stereocenters. The number of amides is 1. The standard InChI is InChI=1S/C14H14N2O2S/c17-13(12-7-4-8-16-14(12)19)15-9-10-18-11-5-2-1-3-6-11/h1-8H,9-10H2,(H,15,17)(H,16,19). The predicted octanol–water partition coefficient (Wildman–Crippen LogP) is 2.55. The van der Waals surface area contributed by atoms with Crippen molar-refractivity contribution in [2.45, 2.75) is 0 Å². The average molecular weight is 274 g/mol. The second kappa shape index (κ2) is 6.70. The number of rotatable bonds is 5. The Labute approximate surface area is 116 Å². The summed E-state index contributed by atoms with van der Waals surface area (Å²) in [4.78, 5) is 14.6. The first-order chi connectivity index (χ1) is 9.27. The maximum Gasteiger partial charge on any atom is 0.254 e. The Balaban J connectivity index is 1.79. The van der Waals surface area contributed by atoms with Gasteiger partial charge in [-0.15, -0.1) is 0 Å². The lowest BCUT2D eigenvalue weighted by Crippen LogP contribution is -2.28. The molecule has 0 unspecified atom stereocenters. The highest BCUT2D eigenvalue weighted by molar-refractivity contribution is 7.71. The van der Waals surface area contributed by atoms with Crippen LogP contribution in [-0.2, 0) is 0 Å². The van der Waals surface area contributed by atoms with Crippen molar-refractivity contribution in [2.24, 2.45) is 0 Å². The summed E-state index contributed by atoms with van der Waals surface area (Å²) in [7, 11) is 0. The molecule has 1 aromatic heterocycles. The van der Waals surface area contributed by atoms with E-state index in [-0.39, 0.29) is 5.91 Å². The molecule has 2 rings (SSSR count). The van der Waals surface area contributed by atoms with Gasteiger partial charge in [-0.25, -0.2) is 0 Å². The molecule has 0 radical (unpaired) electrons. The van der Waals surface area contributed by atoms with Gasteiger partial charge in [0.05, 0.1) is 12.1 Å². The van der Waals surface area contributed by atoms with Gasteiger partial charge in [0, 0.05) is 6.20 Å². The van der Waals surface area contributed by atoms with Crippen LogP contribution in [0.5, 0.6) is 5.75 Å². The summed E-state index contributed by atoms with van der Waals surface area (Å²) >= 11 is 5.04. The van der Waals surface area contributed by atoms with E-state index in [1.807, 2.05) is 30.3 Å². The van der Waals surface area contributed by atoms with E-state index in [4.69, 9.17) is 17.0 Å². The molecular formula is C14H14N2O2S. The topological polar surface area (TPSA) is 54.1 Å². The maximum atomic E-state index is 11.8. The van der Waals surface area contributed by atoms with Crippen LogP contribution in [-0.4, -0.2) is 24.0 Å². The number of nitrogens with one attached hydrogen (secondary N) is 2. The first kappa shape index (κ1) is 13.3. The van der Waals surface area contributed by atoms with Gasteiger partial charge in [-0.1, -0.05) is 30.4 Å². The van der Waals surface area contributed by atoms with Crippen molar-refractivity contribution < 1.29 is 9.53 Å². The summed E-state index contributed by atoms with van der Waals surface area (Å²) in [6.45, 7) is 0.844. The second-order valence-electron chi connectivity index (χ2n) is 3.83. The van der Waals surface area contributed by atoms with E-state index < -0.39 is 0 Å². The number of pyridine rings is 1. The lowest BCUT2D eigenvalue weighted by atomic mass is 10.3. The number of para-hydroxylation sites is 1. The molecule has 5 heteroatoms. The van der Waals surface area contributed by atoms with Crippen LogP contribution in [0, 0.1) is 4.64 Å². The number of hydrogen-bond acceptors (Lipinski definition) is 3. The van der Waals surface area contributed by atoms with E-state index in [0.29, 0.717) is 23.4 Å². The van der Waals surface area contributed by atoms with Gasteiger partial charge >= 0.3 is 0 Å². The van der Waals surface area contributed by atoms with E-state index in [0.717, 1.165) is 5.75 Å². The zero-order chi connectivity index (χ0) is 13.5. The van der Waals surface area contributed by atoms with Crippen LogP contribution in [0.4, 0.5) is 0 Å². The van der Waals surface area contributed by atoms with Crippen molar-refractivity contribution >= 4 is 18.1 Å². The monoisotopic (exact) mass is 274 g/mol. The Hall–Kier alpha value is -2.14. The SMILES string of the molecule is O=C(NCCOc1ccccc1)c1ccc[nH]c1=S. The fraction of sp³-hybridized carbons (Fsp3) is 0.143. The first-order valence-electron chi connectivity index (χ1n) is 5.91. The molecule has 4 nitrogen and oxygen atoms in total. The number of aromatic nitrogens is 1. The third kappa shape index (κ3) is 3.93. The second-order valence-corrected chi connectivity index (χ2v) is 4.24. The van der Waals surface area contributed by atoms with Gasteiger partial charge in [0.2, 0.25) is 0 Å². The normalized spacial score (nSPS) is 9.89. The highest BCUT2D eigenvalue weighted by Gasteiger charge is 2.06. The number of benzene rings is 1. The molecule has 0 saturated heterocycles. The van der Waals surface area contributed by atoms with E-state index >= 15 is 0 Å². The molecular weight excluding hydrogens is 260 g/mol. The molecule has 0 aliphatic carbocycles. The third-order valence-corrected chi connectivity index (χ3v) is 2.80. The zero-order valence-corrected chi connectivity index (χ0v) is 11.1. The molecule has 19 heavy (non-hydrogen) atoms. The maximum absolute atomic E-state index is 11.8. The summed E-state index contributed by atoms with van der Waals surface area (Å²) in [5.74, 6) is 0.590. The van der Waals surface area contributed by atoms with Gasteiger partial charge in [0.25, 0.3) is 5.91 Å². The molecule has 2 aromatic rings. The summed E-state index contributed by atoms with van der Waals surface area (Å²) < 4.78 is 5.91. The highest BCUT2D eigenvalue weighted by Crippen LogP contribution is 2.07. The number of H-pyrrole nitrogens is 1. The van der Waals surface area contributed by atoms with E-state index in [2.05, 4.69) is 10.3 Å². The minimum atomic E-state index is -0.196. The fourth-order valence-electron chi connectivity index (χ4n) is 1.55. The molecule has 0 fully saturated rings. The Kier molecular flexibility index (Phi) is 4.69. The summed E-state index contributed by atoms with van der Waals surface area (Å²) in [6, 6.07) is 12.9. The lowest BCUT2D eigenvalue weighted by Gasteiger charge is -2.07. The van der Waals surface area contributed by atoms with Crippen LogP contribution < -0.4 is 10.1 Å². The molecule has 0 spiro atoms. The van der Waals surface area contributed by atoms with Crippen LogP contribution in [0.25, 0.3) is 0 Å². The number of carbonyl (C=O) groups is 1. The molecule has 1 amide bonds. The predicted molar refractivity (Wildman–Crippen MR) is 75.9 cm³/mol. The van der Waals surface area contributed by atoms with Crippen LogP contribution in [0.2, 0.25) is 0 Å².